The van der Waals surface area contributed by atoms with E-state index in [4.69, 9.17) is 19.0 Å². The van der Waals surface area contributed by atoms with Gasteiger partial charge in [-0.15, -0.1) is 4.73 Å². The summed E-state index contributed by atoms with van der Waals surface area (Å²) < 4.78 is 19.7. The lowest BCUT2D eigenvalue weighted by Crippen LogP contribution is -2.52. The topological polar surface area (TPSA) is 99.4 Å². The molecule has 1 unspecified atom stereocenters. The number of hydrogen-bond acceptors (Lipinski definition) is 7. The summed E-state index contributed by atoms with van der Waals surface area (Å²) in [4.78, 5) is 17.5. The Labute approximate surface area is 237 Å². The van der Waals surface area contributed by atoms with Crippen molar-refractivity contribution in [3.8, 4) is 11.8 Å². The molecule has 6 aliphatic rings. The summed E-state index contributed by atoms with van der Waals surface area (Å²) in [5, 5.41) is 19.5. The fourth-order valence-electron chi connectivity index (χ4n) is 10.5. The van der Waals surface area contributed by atoms with E-state index in [0.29, 0.717) is 58.2 Å². The van der Waals surface area contributed by atoms with Crippen LogP contribution in [0.15, 0.2) is 23.8 Å². The number of fused-ring (bicyclic) bond motifs is 7. The molecule has 5 fully saturated rings. The first-order valence-electron chi connectivity index (χ1n) is 15.5. The minimum atomic E-state index is -0.918. The third kappa shape index (κ3) is 3.80. The van der Waals surface area contributed by atoms with Gasteiger partial charge in [0.15, 0.2) is 5.79 Å². The van der Waals surface area contributed by atoms with Crippen LogP contribution in [0, 0.1) is 46.3 Å². The predicted molar refractivity (Wildman–Crippen MR) is 146 cm³/mol. The fraction of sp³-hybridized carbons (Fsp3) is 0.781. The average Bonchev–Trinajstić information content (AvgIpc) is 3.50. The largest absolute Gasteiger partial charge is 0.534 e. The molecule has 220 valence electrons. The zero-order valence-corrected chi connectivity index (χ0v) is 24.3. The Balaban J connectivity index is 1.05. The van der Waals surface area contributed by atoms with Crippen LogP contribution in [0.3, 0.4) is 0 Å². The molecule has 2 saturated heterocycles. The monoisotopic (exact) mass is 555 g/mol. The Hall–Kier alpha value is -2.19. The molecule has 2 aliphatic heterocycles. The van der Waals surface area contributed by atoms with E-state index in [9.17, 15) is 15.0 Å². The van der Waals surface area contributed by atoms with E-state index in [2.05, 4.69) is 33.8 Å². The van der Waals surface area contributed by atoms with Crippen LogP contribution < -0.4 is 4.84 Å². The zero-order chi connectivity index (χ0) is 28.0. The van der Waals surface area contributed by atoms with Crippen molar-refractivity contribution in [2.45, 2.75) is 103 Å². The van der Waals surface area contributed by atoms with Crippen molar-refractivity contribution in [1.29, 1.82) is 0 Å². The second kappa shape index (κ2) is 9.15. The second-order valence-corrected chi connectivity index (χ2v) is 14.4. The molecular formula is C32H45NO7. The van der Waals surface area contributed by atoms with Gasteiger partial charge in [0, 0.05) is 30.9 Å². The molecule has 1 aromatic rings. The molecule has 0 radical (unpaired) electrons. The Morgan fingerprint density at radius 1 is 1.05 bits per heavy atom. The van der Waals surface area contributed by atoms with Crippen LogP contribution in [0.25, 0.3) is 0 Å². The highest BCUT2D eigenvalue weighted by molar-refractivity contribution is 5.61. The minimum absolute atomic E-state index is 0.124. The normalized spacial score (nSPS) is 47.5. The molecule has 1 spiro atoms. The van der Waals surface area contributed by atoms with E-state index < -0.39 is 6.16 Å². The molecule has 3 saturated carbocycles. The van der Waals surface area contributed by atoms with Crippen molar-refractivity contribution in [3.05, 3.63) is 23.8 Å². The van der Waals surface area contributed by atoms with Crippen molar-refractivity contribution in [2.75, 3.05) is 6.61 Å². The van der Waals surface area contributed by atoms with Crippen LogP contribution in [0.2, 0.25) is 0 Å². The quantitative estimate of drug-likeness (QED) is 0.331. The first-order valence-corrected chi connectivity index (χ1v) is 15.5. The van der Waals surface area contributed by atoms with Crippen LogP contribution in [0.1, 0.15) is 85.5 Å². The molecule has 40 heavy (non-hydrogen) atoms. The van der Waals surface area contributed by atoms with Gasteiger partial charge in [-0.3, -0.25) is 4.84 Å². The predicted octanol–water partition coefficient (Wildman–Crippen LogP) is 6.20. The lowest BCUT2D eigenvalue weighted by molar-refractivity contribution is -0.272. The number of allylic oxidation sites excluding steroid dienone is 1. The number of nitrogens with zero attached hydrogens (tertiary/aromatic N) is 1. The number of carbonyl (C=O) groups is 1. The van der Waals surface area contributed by atoms with E-state index in [0.717, 1.165) is 38.7 Å². The Morgan fingerprint density at radius 3 is 2.55 bits per heavy atom. The fourth-order valence-corrected chi connectivity index (χ4v) is 10.5. The lowest BCUT2D eigenvalue weighted by Gasteiger charge is -2.58. The van der Waals surface area contributed by atoms with Gasteiger partial charge in [0.25, 0.3) is 0 Å². The third-order valence-corrected chi connectivity index (χ3v) is 12.6. The highest BCUT2D eigenvalue weighted by Gasteiger charge is 2.68. The Kier molecular flexibility index (Phi) is 6.11. The van der Waals surface area contributed by atoms with Gasteiger partial charge in [0.05, 0.1) is 12.7 Å². The number of ether oxygens (including phenoxy) is 3. The van der Waals surface area contributed by atoms with Gasteiger partial charge in [0.2, 0.25) is 11.8 Å². The van der Waals surface area contributed by atoms with Crippen molar-refractivity contribution < 1.29 is 34.1 Å². The van der Waals surface area contributed by atoms with Crippen LogP contribution in [0.4, 0.5) is 4.79 Å². The average molecular weight is 556 g/mol. The molecule has 8 nitrogen and oxygen atoms in total. The summed E-state index contributed by atoms with van der Waals surface area (Å²) in [5.74, 6) is 2.52. The maximum Gasteiger partial charge on any atom is 0.534 e. The van der Waals surface area contributed by atoms with E-state index in [1.54, 1.807) is 0 Å². The van der Waals surface area contributed by atoms with Gasteiger partial charge in [0.1, 0.15) is 6.10 Å². The van der Waals surface area contributed by atoms with Crippen molar-refractivity contribution in [3.63, 3.8) is 0 Å². The maximum atomic E-state index is 12.4. The van der Waals surface area contributed by atoms with Crippen LogP contribution in [-0.4, -0.2) is 45.7 Å². The molecule has 3 heterocycles. The summed E-state index contributed by atoms with van der Waals surface area (Å²) in [6.45, 7) is 10.5. The van der Waals surface area contributed by atoms with Crippen molar-refractivity contribution in [1.82, 2.24) is 4.73 Å². The number of hydrogen-bond donors (Lipinski definition) is 2. The zero-order valence-electron chi connectivity index (χ0n) is 24.3. The smallest absolute Gasteiger partial charge is 0.492 e. The number of aromatic hydroxyl groups is 2. The first kappa shape index (κ1) is 26.7. The van der Waals surface area contributed by atoms with Crippen LogP contribution in [0.5, 0.6) is 11.8 Å². The van der Waals surface area contributed by atoms with Crippen LogP contribution >= 0.6 is 0 Å². The SMILES string of the molecule is C[C@@H]1CCC2(OC1)O[C@H]1C[C@H]3[C@@H]4CC=C5C[C@@H](OC(=O)On6c(O)ccc6O)CC[C@]5(C)[C@H]4CC[C@]3(C)[C@H]1[C@@H]2C. The Morgan fingerprint density at radius 2 is 1.82 bits per heavy atom. The molecule has 1 aromatic heterocycles. The second-order valence-electron chi connectivity index (χ2n) is 14.4. The molecule has 0 amide bonds. The van der Waals surface area contributed by atoms with Gasteiger partial charge in [-0.1, -0.05) is 39.3 Å². The first-order chi connectivity index (χ1) is 19.0. The molecule has 2 N–H and O–H groups in total. The van der Waals surface area contributed by atoms with Crippen molar-refractivity contribution >= 4 is 6.16 Å². The van der Waals surface area contributed by atoms with E-state index in [1.807, 2.05) is 0 Å². The van der Waals surface area contributed by atoms with E-state index in [-0.39, 0.29) is 29.1 Å². The standard InChI is InChI=1S/C32H45NO7/c1-18-9-14-32(37-17-18)19(2)28-25(39-32)16-24-22-6-5-20-15-21(38-29(36)40-33-26(34)7-8-27(33)35)10-12-30(20,3)23(22)11-13-31(24,28)4/h5,7-8,18-19,21-25,28,34-35H,6,9-17H2,1-4H3/t18-,19+,21+,22-,23+,24+,25+,28+,30+,31+,32?/m1/s1. The van der Waals surface area contributed by atoms with Crippen LogP contribution in [-0.2, 0) is 14.2 Å². The molecule has 7 rings (SSSR count). The van der Waals surface area contributed by atoms with Gasteiger partial charge in [-0.05, 0) is 85.4 Å². The van der Waals surface area contributed by atoms with Gasteiger partial charge in [-0.25, -0.2) is 4.79 Å². The van der Waals surface area contributed by atoms with Gasteiger partial charge in [-0.2, -0.15) is 0 Å². The molecule has 4 aliphatic carbocycles. The number of rotatable bonds is 2. The summed E-state index contributed by atoms with van der Waals surface area (Å²) in [6.07, 6.45) is 11.0. The molecule has 11 atom stereocenters. The summed E-state index contributed by atoms with van der Waals surface area (Å²) >= 11 is 0. The third-order valence-electron chi connectivity index (χ3n) is 12.6. The summed E-state index contributed by atoms with van der Waals surface area (Å²) in [7, 11) is 0. The molecule has 8 heteroatoms. The van der Waals surface area contributed by atoms with Gasteiger partial charge >= 0.3 is 6.16 Å². The molecule has 0 bridgehead atoms. The summed E-state index contributed by atoms with van der Waals surface area (Å²) in [5.41, 5.74) is 1.83. The molecule has 0 aromatic carbocycles. The van der Waals surface area contributed by atoms with Crippen molar-refractivity contribution in [2.24, 2.45) is 46.3 Å². The number of carbonyl (C=O) groups excluding carboxylic acids is 1. The maximum absolute atomic E-state index is 12.4. The minimum Gasteiger partial charge on any atom is -0.492 e. The Bertz CT molecular complexity index is 1180. The molecular weight excluding hydrogens is 510 g/mol. The van der Waals surface area contributed by atoms with E-state index in [1.165, 1.54) is 37.0 Å². The highest BCUT2D eigenvalue weighted by Crippen LogP contribution is 2.70. The van der Waals surface area contributed by atoms with E-state index >= 15 is 0 Å². The summed E-state index contributed by atoms with van der Waals surface area (Å²) in [6, 6.07) is 2.50. The van der Waals surface area contributed by atoms with Gasteiger partial charge < -0.3 is 24.4 Å². The number of aromatic nitrogens is 1. The highest BCUT2D eigenvalue weighted by atomic mass is 16.8. The lowest BCUT2D eigenvalue weighted by atomic mass is 9.47.